The zero-order chi connectivity index (χ0) is 17.7. The summed E-state index contributed by atoms with van der Waals surface area (Å²) in [7, 11) is 0. The Morgan fingerprint density at radius 3 is 1.00 bits per heavy atom. The molecule has 0 spiro atoms. The molecular weight excluding hydrogens is 288 g/mol. The van der Waals surface area contributed by atoms with E-state index < -0.39 is 65.3 Å². The van der Waals surface area contributed by atoms with Crippen LogP contribution in [0.3, 0.4) is 0 Å². The van der Waals surface area contributed by atoms with E-state index in [1.54, 1.807) is 0 Å². The molecule has 22 heavy (non-hydrogen) atoms. The van der Waals surface area contributed by atoms with Gasteiger partial charge in [0.1, 0.15) is 22.8 Å². The number of hydrogen-bond acceptors (Lipinski definition) is 6. The van der Waals surface area contributed by atoms with Gasteiger partial charge in [0.15, 0.2) is 17.3 Å². The first-order valence-electron chi connectivity index (χ1n) is 7.04. The van der Waals surface area contributed by atoms with Crippen molar-refractivity contribution in [3.8, 4) is 0 Å². The minimum absolute atomic E-state index is 0.485. The Balaban J connectivity index is 6.06. The highest BCUT2D eigenvalue weighted by Crippen LogP contribution is 2.35. The van der Waals surface area contributed by atoms with E-state index >= 15 is 0 Å². The van der Waals surface area contributed by atoms with E-state index in [1.807, 2.05) is 0 Å². The molecule has 0 aliphatic heterocycles. The van der Waals surface area contributed by atoms with Crippen LogP contribution in [-0.4, -0.2) is 34.7 Å². The second-order valence-electron chi connectivity index (χ2n) is 5.87. The molecule has 0 bridgehead atoms. The van der Waals surface area contributed by atoms with Gasteiger partial charge in [-0.25, -0.2) is 0 Å². The Hall–Kier alpha value is -1.98. The molecule has 122 valence electrons. The number of ketones is 6. The van der Waals surface area contributed by atoms with E-state index in [4.69, 9.17) is 0 Å². The molecule has 0 unspecified atom stereocenters. The van der Waals surface area contributed by atoms with Crippen molar-refractivity contribution in [3.63, 3.8) is 0 Å². The first-order valence-corrected chi connectivity index (χ1v) is 7.04. The number of carbonyl (C=O) groups is 6. The Labute approximate surface area is 129 Å². The van der Waals surface area contributed by atoms with Crippen molar-refractivity contribution in [2.24, 2.45) is 11.3 Å². The van der Waals surface area contributed by atoms with Crippen LogP contribution < -0.4 is 0 Å². The topological polar surface area (TPSA) is 102 Å². The predicted octanol–water partition coefficient (Wildman–Crippen LogP) is 1.27. The van der Waals surface area contributed by atoms with Gasteiger partial charge < -0.3 is 0 Å². The average molecular weight is 310 g/mol. The number of carbonyl (C=O) groups excluding carboxylic acids is 6. The van der Waals surface area contributed by atoms with E-state index in [9.17, 15) is 28.8 Å². The second-order valence-corrected chi connectivity index (χ2v) is 5.87. The van der Waals surface area contributed by atoms with Gasteiger partial charge in [-0.1, -0.05) is 13.8 Å². The van der Waals surface area contributed by atoms with Crippen molar-refractivity contribution in [2.45, 2.75) is 53.9 Å². The lowest BCUT2D eigenvalue weighted by atomic mass is 9.64. The average Bonchev–Trinajstić information content (AvgIpc) is 2.25. The molecule has 0 saturated carbocycles. The van der Waals surface area contributed by atoms with E-state index in [0.29, 0.717) is 0 Å². The van der Waals surface area contributed by atoms with Crippen LogP contribution >= 0.6 is 0 Å². The third-order valence-electron chi connectivity index (χ3n) is 3.41. The SMILES string of the molecule is CC(=O)CC(=O)C(C(=O)CC(C)=O)(C(=O)CC(C)=O)C(C)C. The number of hydrogen-bond donors (Lipinski definition) is 0. The molecular formula is C16H22O6. The van der Waals surface area contributed by atoms with Gasteiger partial charge in [-0.05, 0) is 26.7 Å². The fourth-order valence-electron chi connectivity index (χ4n) is 2.53. The van der Waals surface area contributed by atoms with Crippen molar-refractivity contribution in [2.75, 3.05) is 0 Å². The van der Waals surface area contributed by atoms with E-state index in [-0.39, 0.29) is 0 Å². The summed E-state index contributed by atoms with van der Waals surface area (Å²) in [6, 6.07) is 0. The highest BCUT2D eigenvalue weighted by atomic mass is 16.2. The summed E-state index contributed by atoms with van der Waals surface area (Å²) in [5.41, 5.74) is -2.11. The smallest absolute Gasteiger partial charge is 0.161 e. The molecule has 0 aromatic heterocycles. The van der Waals surface area contributed by atoms with Crippen molar-refractivity contribution < 1.29 is 28.8 Å². The van der Waals surface area contributed by atoms with Gasteiger partial charge in [0.05, 0.1) is 19.3 Å². The van der Waals surface area contributed by atoms with Gasteiger partial charge in [0.25, 0.3) is 0 Å². The highest BCUT2D eigenvalue weighted by molar-refractivity contribution is 6.30. The van der Waals surface area contributed by atoms with Crippen molar-refractivity contribution in [1.82, 2.24) is 0 Å². The predicted molar refractivity (Wildman–Crippen MR) is 78.2 cm³/mol. The van der Waals surface area contributed by atoms with Crippen LogP contribution in [0.5, 0.6) is 0 Å². The molecule has 0 heterocycles. The van der Waals surface area contributed by atoms with Crippen LogP contribution in [0.4, 0.5) is 0 Å². The maximum absolute atomic E-state index is 12.5. The summed E-state index contributed by atoms with van der Waals surface area (Å²) in [4.78, 5) is 71.1. The zero-order valence-corrected chi connectivity index (χ0v) is 13.6. The fourth-order valence-corrected chi connectivity index (χ4v) is 2.53. The minimum Gasteiger partial charge on any atom is -0.300 e. The zero-order valence-electron chi connectivity index (χ0n) is 13.6. The van der Waals surface area contributed by atoms with Crippen molar-refractivity contribution >= 4 is 34.7 Å². The van der Waals surface area contributed by atoms with Gasteiger partial charge in [0, 0.05) is 0 Å². The van der Waals surface area contributed by atoms with Crippen LogP contribution in [0.15, 0.2) is 0 Å². The lowest BCUT2D eigenvalue weighted by Crippen LogP contribution is -2.51. The van der Waals surface area contributed by atoms with Crippen LogP contribution in [-0.2, 0) is 28.8 Å². The van der Waals surface area contributed by atoms with Crippen LogP contribution in [0, 0.1) is 11.3 Å². The molecule has 0 N–H and O–H groups in total. The molecule has 0 saturated heterocycles. The third kappa shape index (κ3) is 4.51. The summed E-state index contributed by atoms with van der Waals surface area (Å²) >= 11 is 0. The van der Waals surface area contributed by atoms with Crippen molar-refractivity contribution in [1.29, 1.82) is 0 Å². The quantitative estimate of drug-likeness (QED) is 0.563. The summed E-state index contributed by atoms with van der Waals surface area (Å²) in [5, 5.41) is 0. The summed E-state index contributed by atoms with van der Waals surface area (Å²) in [5.74, 6) is -4.73. The number of rotatable bonds is 10. The molecule has 6 heteroatoms. The number of Topliss-reactive ketones (excluding diaryl/α,β-unsaturated/α-hetero) is 6. The van der Waals surface area contributed by atoms with Crippen molar-refractivity contribution in [3.05, 3.63) is 0 Å². The molecule has 0 amide bonds. The summed E-state index contributed by atoms with van der Waals surface area (Å²) < 4.78 is 0. The molecule has 0 fully saturated rings. The van der Waals surface area contributed by atoms with Crippen LogP contribution in [0.25, 0.3) is 0 Å². The Bertz CT molecular complexity index is 457. The molecule has 0 aromatic rings. The first-order chi connectivity index (χ1) is 9.96. The van der Waals surface area contributed by atoms with Gasteiger partial charge in [-0.2, -0.15) is 0 Å². The first kappa shape index (κ1) is 20.0. The molecule has 0 aliphatic rings. The molecule has 0 radical (unpaired) electrons. The molecule has 6 nitrogen and oxygen atoms in total. The third-order valence-corrected chi connectivity index (χ3v) is 3.41. The second kappa shape index (κ2) is 7.87. The van der Waals surface area contributed by atoms with E-state index in [0.717, 1.165) is 0 Å². The normalized spacial score (nSPS) is 11.2. The monoisotopic (exact) mass is 310 g/mol. The van der Waals surface area contributed by atoms with E-state index in [2.05, 4.69) is 0 Å². The van der Waals surface area contributed by atoms with Crippen LogP contribution in [0.2, 0.25) is 0 Å². The minimum atomic E-state index is -2.11. The standard InChI is InChI=1S/C16H22O6/c1-9(2)16(13(20)6-10(3)17,14(21)7-11(4)18)15(22)8-12(5)19/h9H,6-8H2,1-5H3. The van der Waals surface area contributed by atoms with Gasteiger partial charge in [0.2, 0.25) is 0 Å². The summed E-state index contributed by atoms with van der Waals surface area (Å²) in [6.07, 6.45) is -1.73. The largest absolute Gasteiger partial charge is 0.300 e. The Morgan fingerprint density at radius 2 is 0.864 bits per heavy atom. The van der Waals surface area contributed by atoms with Gasteiger partial charge in [-0.3, -0.25) is 28.8 Å². The lowest BCUT2D eigenvalue weighted by Gasteiger charge is -2.32. The van der Waals surface area contributed by atoms with Gasteiger partial charge in [-0.15, -0.1) is 0 Å². The summed E-state index contributed by atoms with van der Waals surface area (Å²) in [6.45, 7) is 6.51. The molecule has 0 aliphatic carbocycles. The maximum atomic E-state index is 12.5. The molecule has 0 rings (SSSR count). The lowest BCUT2D eigenvalue weighted by molar-refractivity contribution is -0.153. The maximum Gasteiger partial charge on any atom is 0.161 e. The van der Waals surface area contributed by atoms with E-state index in [1.165, 1.54) is 34.6 Å². The fraction of sp³-hybridized carbons (Fsp3) is 0.625. The highest BCUT2D eigenvalue weighted by Gasteiger charge is 2.53. The molecule has 0 atom stereocenters. The Morgan fingerprint density at radius 1 is 0.636 bits per heavy atom. The Kier molecular flexibility index (Phi) is 7.16. The van der Waals surface area contributed by atoms with Crippen LogP contribution in [0.1, 0.15) is 53.9 Å². The van der Waals surface area contributed by atoms with Gasteiger partial charge >= 0.3 is 0 Å². The molecule has 0 aromatic carbocycles.